The van der Waals surface area contributed by atoms with E-state index < -0.39 is 5.54 Å². The van der Waals surface area contributed by atoms with E-state index in [4.69, 9.17) is 10.9 Å². The number of nitrogens with two attached hydrogens (primary N) is 1. The molecule has 5 heteroatoms. The van der Waals surface area contributed by atoms with Gasteiger partial charge in [0.1, 0.15) is 5.54 Å². The average molecular weight is 255 g/mol. The second-order valence-corrected chi connectivity index (χ2v) is 5.10. The smallest absolute Gasteiger partial charge is 0.223 e. The zero-order chi connectivity index (χ0) is 13.6. The number of carbonyl (C=O) groups is 1. The number of oxime groups is 1. The number of hydrogen-bond acceptors (Lipinski definition) is 3. The monoisotopic (exact) mass is 255 g/mol. The molecule has 0 aliphatic heterocycles. The van der Waals surface area contributed by atoms with Gasteiger partial charge in [0.15, 0.2) is 5.84 Å². The fourth-order valence-corrected chi connectivity index (χ4v) is 2.65. The maximum atomic E-state index is 12.2. The second kappa shape index (κ2) is 6.61. The van der Waals surface area contributed by atoms with Crippen LogP contribution < -0.4 is 11.1 Å². The number of amides is 1. The first-order valence-corrected chi connectivity index (χ1v) is 6.89. The third kappa shape index (κ3) is 3.15. The zero-order valence-corrected chi connectivity index (χ0v) is 11.4. The van der Waals surface area contributed by atoms with Crippen LogP contribution in [0.25, 0.3) is 0 Å². The predicted octanol–water partition coefficient (Wildman–Crippen LogP) is 1.99. The SMILES string of the molecule is CCC(CC)(NC(=O)C1CCCCC1)/C(N)=N/O. The van der Waals surface area contributed by atoms with Gasteiger partial charge < -0.3 is 16.3 Å². The van der Waals surface area contributed by atoms with Crippen LogP contribution in [-0.4, -0.2) is 22.5 Å². The summed E-state index contributed by atoms with van der Waals surface area (Å²) in [6, 6.07) is 0. The average Bonchev–Trinajstić information content (AvgIpc) is 2.44. The van der Waals surface area contributed by atoms with Crippen molar-refractivity contribution in [3.63, 3.8) is 0 Å². The molecule has 5 nitrogen and oxygen atoms in total. The zero-order valence-electron chi connectivity index (χ0n) is 11.4. The van der Waals surface area contributed by atoms with Gasteiger partial charge in [0, 0.05) is 5.92 Å². The van der Waals surface area contributed by atoms with E-state index in [-0.39, 0.29) is 17.7 Å². The molecule has 1 fully saturated rings. The Labute approximate surface area is 109 Å². The van der Waals surface area contributed by atoms with Crippen LogP contribution in [0.1, 0.15) is 58.8 Å². The summed E-state index contributed by atoms with van der Waals surface area (Å²) >= 11 is 0. The van der Waals surface area contributed by atoms with Gasteiger partial charge in [0.05, 0.1) is 0 Å². The molecule has 1 rings (SSSR count). The first-order valence-electron chi connectivity index (χ1n) is 6.89. The van der Waals surface area contributed by atoms with Crippen LogP contribution >= 0.6 is 0 Å². The van der Waals surface area contributed by atoms with Gasteiger partial charge in [-0.05, 0) is 25.7 Å². The number of carbonyl (C=O) groups excluding carboxylic acids is 1. The molecule has 0 aromatic rings. The minimum absolute atomic E-state index is 0.0463. The lowest BCUT2D eigenvalue weighted by molar-refractivity contribution is -0.127. The van der Waals surface area contributed by atoms with Crippen LogP contribution in [0, 0.1) is 5.92 Å². The van der Waals surface area contributed by atoms with Crippen molar-refractivity contribution in [3.8, 4) is 0 Å². The highest BCUT2D eigenvalue weighted by molar-refractivity contribution is 5.94. The molecule has 0 bridgehead atoms. The number of amidine groups is 1. The van der Waals surface area contributed by atoms with Gasteiger partial charge in [-0.15, -0.1) is 0 Å². The molecule has 1 aliphatic carbocycles. The van der Waals surface area contributed by atoms with E-state index in [1.807, 2.05) is 13.8 Å². The van der Waals surface area contributed by atoms with Crippen LogP contribution in [0.5, 0.6) is 0 Å². The van der Waals surface area contributed by atoms with E-state index in [0.717, 1.165) is 25.7 Å². The van der Waals surface area contributed by atoms with Crippen molar-refractivity contribution in [2.24, 2.45) is 16.8 Å². The van der Waals surface area contributed by atoms with Gasteiger partial charge in [-0.2, -0.15) is 0 Å². The van der Waals surface area contributed by atoms with Crippen molar-refractivity contribution in [3.05, 3.63) is 0 Å². The lowest BCUT2D eigenvalue weighted by Gasteiger charge is -2.33. The molecular weight excluding hydrogens is 230 g/mol. The number of rotatable bonds is 5. The van der Waals surface area contributed by atoms with Crippen molar-refractivity contribution >= 4 is 11.7 Å². The predicted molar refractivity (Wildman–Crippen MR) is 71.4 cm³/mol. The Morgan fingerprint density at radius 3 is 2.33 bits per heavy atom. The highest BCUT2D eigenvalue weighted by Gasteiger charge is 2.35. The van der Waals surface area contributed by atoms with Gasteiger partial charge in [0.25, 0.3) is 0 Å². The molecule has 0 heterocycles. The first-order chi connectivity index (χ1) is 8.59. The Kier molecular flexibility index (Phi) is 5.44. The molecule has 18 heavy (non-hydrogen) atoms. The summed E-state index contributed by atoms with van der Waals surface area (Å²) in [5.74, 6) is 0.226. The third-order valence-electron chi connectivity index (χ3n) is 4.14. The normalized spacial score (nSPS) is 18.7. The molecule has 104 valence electrons. The molecule has 0 aromatic carbocycles. The largest absolute Gasteiger partial charge is 0.409 e. The summed E-state index contributed by atoms with van der Waals surface area (Å²) in [6.07, 6.45) is 6.60. The van der Waals surface area contributed by atoms with Crippen molar-refractivity contribution in [1.82, 2.24) is 5.32 Å². The molecule has 1 saturated carbocycles. The van der Waals surface area contributed by atoms with Crippen molar-refractivity contribution in [2.45, 2.75) is 64.3 Å². The van der Waals surface area contributed by atoms with Gasteiger partial charge in [-0.1, -0.05) is 38.3 Å². The molecule has 0 unspecified atom stereocenters. The van der Waals surface area contributed by atoms with Crippen LogP contribution in [0.15, 0.2) is 5.16 Å². The van der Waals surface area contributed by atoms with Gasteiger partial charge >= 0.3 is 0 Å². The summed E-state index contributed by atoms with van der Waals surface area (Å²) < 4.78 is 0. The number of hydrogen-bond donors (Lipinski definition) is 3. The Morgan fingerprint density at radius 2 is 1.89 bits per heavy atom. The molecule has 1 amide bonds. The maximum absolute atomic E-state index is 12.2. The second-order valence-electron chi connectivity index (χ2n) is 5.10. The minimum Gasteiger partial charge on any atom is -0.409 e. The molecule has 0 saturated heterocycles. The third-order valence-corrected chi connectivity index (χ3v) is 4.14. The highest BCUT2D eigenvalue weighted by Crippen LogP contribution is 2.25. The number of nitrogens with zero attached hydrogens (tertiary/aromatic N) is 1. The fourth-order valence-electron chi connectivity index (χ4n) is 2.65. The van der Waals surface area contributed by atoms with E-state index in [1.165, 1.54) is 6.42 Å². The summed E-state index contributed by atoms with van der Waals surface area (Å²) in [5, 5.41) is 14.9. The topological polar surface area (TPSA) is 87.7 Å². The van der Waals surface area contributed by atoms with E-state index in [1.54, 1.807) is 0 Å². The van der Waals surface area contributed by atoms with Crippen molar-refractivity contribution < 1.29 is 10.0 Å². The molecular formula is C13H25N3O2. The molecule has 0 aromatic heterocycles. The van der Waals surface area contributed by atoms with E-state index in [0.29, 0.717) is 12.8 Å². The Bertz CT molecular complexity index is 305. The Balaban J connectivity index is 2.74. The van der Waals surface area contributed by atoms with Gasteiger partial charge in [-0.25, -0.2) is 0 Å². The molecule has 1 aliphatic rings. The summed E-state index contributed by atoms with van der Waals surface area (Å²) in [4.78, 5) is 12.2. The first kappa shape index (κ1) is 14.8. The molecule has 0 radical (unpaired) electrons. The lowest BCUT2D eigenvalue weighted by Crippen LogP contribution is -2.58. The molecule has 4 N–H and O–H groups in total. The summed E-state index contributed by atoms with van der Waals surface area (Å²) in [5.41, 5.74) is 5.03. The highest BCUT2D eigenvalue weighted by atomic mass is 16.4. The van der Waals surface area contributed by atoms with Crippen LogP contribution in [0.2, 0.25) is 0 Å². The van der Waals surface area contributed by atoms with Crippen molar-refractivity contribution in [1.29, 1.82) is 0 Å². The Hall–Kier alpha value is -1.26. The molecule has 0 atom stereocenters. The summed E-state index contributed by atoms with van der Waals surface area (Å²) in [7, 11) is 0. The van der Waals surface area contributed by atoms with Gasteiger partial charge in [0.2, 0.25) is 5.91 Å². The van der Waals surface area contributed by atoms with E-state index >= 15 is 0 Å². The van der Waals surface area contributed by atoms with Crippen LogP contribution in [-0.2, 0) is 4.79 Å². The maximum Gasteiger partial charge on any atom is 0.223 e. The standard InChI is InChI=1S/C13H25N3O2/c1-3-13(4-2,12(14)16-18)15-11(17)10-8-6-5-7-9-10/h10,18H,3-9H2,1-2H3,(H2,14,16)(H,15,17). The minimum atomic E-state index is -0.705. The van der Waals surface area contributed by atoms with E-state index in [2.05, 4.69) is 10.5 Å². The van der Waals surface area contributed by atoms with E-state index in [9.17, 15) is 4.79 Å². The molecule has 0 spiro atoms. The number of nitrogens with one attached hydrogen (secondary N) is 1. The van der Waals surface area contributed by atoms with Crippen molar-refractivity contribution in [2.75, 3.05) is 0 Å². The lowest BCUT2D eigenvalue weighted by atomic mass is 9.86. The van der Waals surface area contributed by atoms with Crippen LogP contribution in [0.3, 0.4) is 0 Å². The van der Waals surface area contributed by atoms with Crippen LogP contribution in [0.4, 0.5) is 0 Å². The van der Waals surface area contributed by atoms with Gasteiger partial charge in [-0.3, -0.25) is 4.79 Å². The quantitative estimate of drug-likeness (QED) is 0.304. The fraction of sp³-hybridized carbons (Fsp3) is 0.846. The Morgan fingerprint density at radius 1 is 1.33 bits per heavy atom. The summed E-state index contributed by atoms with van der Waals surface area (Å²) in [6.45, 7) is 3.87.